The molecule has 0 amide bonds. The van der Waals surface area contributed by atoms with Gasteiger partial charge in [0.15, 0.2) is 0 Å². The number of rotatable bonds is 3. The Kier molecular flexibility index (Phi) is 3.99. The summed E-state index contributed by atoms with van der Waals surface area (Å²) in [5, 5.41) is 0. The lowest BCUT2D eigenvalue weighted by Gasteiger charge is -2.40. The van der Waals surface area contributed by atoms with Crippen LogP contribution in [0.5, 0.6) is 0 Å². The number of likely N-dealkylation sites (N-methyl/N-ethyl adjacent to an activating group) is 1. The maximum Gasteiger partial charge on any atom is 0.0723 e. The lowest BCUT2D eigenvalue weighted by Crippen LogP contribution is -2.50. The highest BCUT2D eigenvalue weighted by Gasteiger charge is 2.44. The summed E-state index contributed by atoms with van der Waals surface area (Å²) in [5.74, 6) is 1.03. The van der Waals surface area contributed by atoms with Gasteiger partial charge in [0.2, 0.25) is 0 Å². The molecule has 0 unspecified atom stereocenters. The Morgan fingerprint density at radius 2 is 1.71 bits per heavy atom. The Morgan fingerprint density at radius 3 is 2.38 bits per heavy atom. The van der Waals surface area contributed by atoms with E-state index >= 15 is 0 Å². The Bertz CT molecular complexity index is 355. The second-order valence-electron chi connectivity index (χ2n) is 7.94. The number of ether oxygens (including phenoxy) is 1. The first-order chi connectivity index (χ1) is 10.2. The van der Waals surface area contributed by atoms with Gasteiger partial charge in [-0.1, -0.05) is 0 Å². The summed E-state index contributed by atoms with van der Waals surface area (Å²) in [6, 6.07) is 0.689. The zero-order valence-electron chi connectivity index (χ0n) is 13.6. The Labute approximate surface area is 129 Å². The molecule has 4 heteroatoms. The first-order valence-corrected chi connectivity index (χ1v) is 9.01. The summed E-state index contributed by atoms with van der Waals surface area (Å²) in [7, 11) is 2.24. The summed E-state index contributed by atoms with van der Waals surface area (Å²) >= 11 is 0. The molecule has 1 atom stereocenters. The number of hydrogen-bond acceptors (Lipinski definition) is 4. The van der Waals surface area contributed by atoms with Crippen LogP contribution in [-0.4, -0.2) is 85.8 Å². The topological polar surface area (TPSA) is 19.0 Å². The summed E-state index contributed by atoms with van der Waals surface area (Å²) in [4.78, 5) is 7.82. The monoisotopic (exact) mass is 293 g/mol. The Balaban J connectivity index is 1.27. The van der Waals surface area contributed by atoms with Gasteiger partial charge >= 0.3 is 0 Å². The number of piperidine rings is 1. The lowest BCUT2D eigenvalue weighted by atomic mass is 9.87. The van der Waals surface area contributed by atoms with E-state index in [4.69, 9.17) is 4.74 Å². The predicted octanol–water partition coefficient (Wildman–Crippen LogP) is 1.27. The molecule has 1 aliphatic carbocycles. The SMILES string of the molecule is CN1CCN([C@@H]2COC3(CCN(CC4CC4)CC3)C2)CC1. The first kappa shape index (κ1) is 14.4. The van der Waals surface area contributed by atoms with Crippen molar-refractivity contribution in [3.63, 3.8) is 0 Å². The van der Waals surface area contributed by atoms with E-state index in [2.05, 4.69) is 21.7 Å². The fourth-order valence-corrected chi connectivity index (χ4v) is 4.40. The average Bonchev–Trinajstić information content (AvgIpc) is 3.23. The Morgan fingerprint density at radius 1 is 1.00 bits per heavy atom. The third kappa shape index (κ3) is 3.29. The minimum atomic E-state index is 0.230. The van der Waals surface area contributed by atoms with Crippen molar-refractivity contribution in [3.05, 3.63) is 0 Å². The van der Waals surface area contributed by atoms with Crippen molar-refractivity contribution >= 4 is 0 Å². The number of piperazine rings is 1. The number of likely N-dealkylation sites (tertiary alicyclic amines) is 1. The minimum absolute atomic E-state index is 0.230. The maximum atomic E-state index is 6.36. The van der Waals surface area contributed by atoms with Gasteiger partial charge in [-0.2, -0.15) is 0 Å². The molecule has 3 saturated heterocycles. The van der Waals surface area contributed by atoms with Crippen molar-refractivity contribution < 1.29 is 4.74 Å². The molecule has 0 radical (unpaired) electrons. The van der Waals surface area contributed by atoms with Crippen molar-refractivity contribution in [2.75, 3.05) is 59.5 Å². The van der Waals surface area contributed by atoms with E-state index in [9.17, 15) is 0 Å². The highest BCUT2D eigenvalue weighted by molar-refractivity contribution is 4.98. The van der Waals surface area contributed by atoms with Gasteiger partial charge in [-0.25, -0.2) is 0 Å². The van der Waals surface area contributed by atoms with Gasteiger partial charge in [0.1, 0.15) is 0 Å². The molecule has 3 heterocycles. The number of nitrogens with zero attached hydrogens (tertiary/aromatic N) is 3. The van der Waals surface area contributed by atoms with E-state index in [0.29, 0.717) is 6.04 Å². The van der Waals surface area contributed by atoms with Crippen molar-refractivity contribution in [1.29, 1.82) is 0 Å². The quantitative estimate of drug-likeness (QED) is 0.780. The molecule has 21 heavy (non-hydrogen) atoms. The largest absolute Gasteiger partial charge is 0.373 e. The van der Waals surface area contributed by atoms with Crippen LogP contribution in [0.2, 0.25) is 0 Å². The fourth-order valence-electron chi connectivity index (χ4n) is 4.40. The molecule has 120 valence electrons. The van der Waals surface area contributed by atoms with Crippen LogP contribution in [0.25, 0.3) is 0 Å². The third-order valence-corrected chi connectivity index (χ3v) is 6.22. The molecule has 4 aliphatic rings. The predicted molar refractivity (Wildman–Crippen MR) is 84.6 cm³/mol. The van der Waals surface area contributed by atoms with E-state index in [-0.39, 0.29) is 5.60 Å². The van der Waals surface area contributed by atoms with Crippen molar-refractivity contribution in [2.24, 2.45) is 5.92 Å². The van der Waals surface area contributed by atoms with Crippen LogP contribution in [0.3, 0.4) is 0 Å². The van der Waals surface area contributed by atoms with Crippen LogP contribution in [0.15, 0.2) is 0 Å². The van der Waals surface area contributed by atoms with Crippen LogP contribution in [0.4, 0.5) is 0 Å². The van der Waals surface area contributed by atoms with E-state index in [1.54, 1.807) is 0 Å². The molecule has 0 bridgehead atoms. The average molecular weight is 293 g/mol. The second kappa shape index (κ2) is 5.80. The Hall–Kier alpha value is -0.160. The van der Waals surface area contributed by atoms with E-state index in [0.717, 1.165) is 12.5 Å². The third-order valence-electron chi connectivity index (χ3n) is 6.22. The van der Waals surface area contributed by atoms with Crippen LogP contribution < -0.4 is 0 Å². The smallest absolute Gasteiger partial charge is 0.0723 e. The fraction of sp³-hybridized carbons (Fsp3) is 1.00. The molecule has 1 spiro atoms. The molecular formula is C17H31N3O. The zero-order chi connectivity index (χ0) is 14.3. The van der Waals surface area contributed by atoms with Crippen molar-refractivity contribution in [3.8, 4) is 0 Å². The van der Waals surface area contributed by atoms with Crippen molar-refractivity contribution in [1.82, 2.24) is 14.7 Å². The summed E-state index contributed by atoms with van der Waals surface area (Å²) in [6.07, 6.45) is 6.77. The highest BCUT2D eigenvalue weighted by atomic mass is 16.5. The summed E-state index contributed by atoms with van der Waals surface area (Å²) in [5.41, 5.74) is 0.230. The molecule has 3 aliphatic heterocycles. The summed E-state index contributed by atoms with van der Waals surface area (Å²) in [6.45, 7) is 9.78. The maximum absolute atomic E-state index is 6.36. The molecule has 0 aromatic carbocycles. The van der Waals surface area contributed by atoms with E-state index in [1.807, 2.05) is 0 Å². The van der Waals surface area contributed by atoms with Gasteiger partial charge in [0.25, 0.3) is 0 Å². The molecule has 4 fully saturated rings. The highest BCUT2D eigenvalue weighted by Crippen LogP contribution is 2.39. The van der Waals surface area contributed by atoms with E-state index < -0.39 is 0 Å². The van der Waals surface area contributed by atoms with Crippen LogP contribution >= 0.6 is 0 Å². The van der Waals surface area contributed by atoms with Gasteiger partial charge in [-0.3, -0.25) is 4.90 Å². The summed E-state index contributed by atoms with van der Waals surface area (Å²) < 4.78 is 6.36. The number of hydrogen-bond donors (Lipinski definition) is 0. The van der Waals surface area contributed by atoms with Gasteiger partial charge in [-0.15, -0.1) is 0 Å². The molecule has 4 nitrogen and oxygen atoms in total. The molecule has 0 aromatic rings. The van der Waals surface area contributed by atoms with Crippen LogP contribution in [0.1, 0.15) is 32.1 Å². The lowest BCUT2D eigenvalue weighted by molar-refractivity contribution is -0.0446. The van der Waals surface area contributed by atoms with Gasteiger partial charge in [0.05, 0.1) is 12.2 Å². The normalized spacial score (nSPS) is 35.6. The standard InChI is InChI=1S/C17H31N3O/c1-18-8-10-20(11-9-18)16-12-17(21-14-16)4-6-19(7-5-17)13-15-2-3-15/h15-16H,2-14H2,1H3/t16-/m0/s1. The van der Waals surface area contributed by atoms with Gasteiger partial charge in [-0.05, 0) is 45.1 Å². The molecule has 0 N–H and O–H groups in total. The second-order valence-corrected chi connectivity index (χ2v) is 7.94. The molecule has 1 saturated carbocycles. The van der Waals surface area contributed by atoms with Crippen LogP contribution in [0, 0.1) is 5.92 Å². The van der Waals surface area contributed by atoms with Crippen molar-refractivity contribution in [2.45, 2.75) is 43.7 Å². The van der Waals surface area contributed by atoms with E-state index in [1.165, 1.54) is 77.9 Å². The first-order valence-electron chi connectivity index (χ1n) is 9.01. The molecular weight excluding hydrogens is 262 g/mol. The zero-order valence-corrected chi connectivity index (χ0v) is 13.6. The molecule has 4 rings (SSSR count). The van der Waals surface area contributed by atoms with Gasteiger partial charge < -0.3 is 14.5 Å². The van der Waals surface area contributed by atoms with Gasteiger partial charge in [0, 0.05) is 51.9 Å². The van der Waals surface area contributed by atoms with Crippen LogP contribution in [-0.2, 0) is 4.74 Å². The minimum Gasteiger partial charge on any atom is -0.373 e. The molecule has 0 aromatic heterocycles.